The molecule has 0 saturated carbocycles. The number of nitrogens with zero attached hydrogens (tertiary/aromatic N) is 3. The summed E-state index contributed by atoms with van der Waals surface area (Å²) in [6.45, 7) is 0.810. The van der Waals surface area contributed by atoms with Gasteiger partial charge in [0, 0.05) is 18.7 Å². The van der Waals surface area contributed by atoms with E-state index in [9.17, 15) is 14.7 Å². The highest BCUT2D eigenvalue weighted by Gasteiger charge is 2.29. The minimum absolute atomic E-state index is 0.168. The van der Waals surface area contributed by atoms with Gasteiger partial charge in [0.25, 0.3) is 0 Å². The summed E-state index contributed by atoms with van der Waals surface area (Å²) in [5.74, 6) is 0.703. The summed E-state index contributed by atoms with van der Waals surface area (Å²) in [5, 5.41) is 9.39. The molecule has 3 aromatic rings. The van der Waals surface area contributed by atoms with Crippen LogP contribution in [-0.4, -0.2) is 38.9 Å². The Hall–Kier alpha value is -3.48. The number of hydrogen-bond acceptors (Lipinski definition) is 3. The van der Waals surface area contributed by atoms with E-state index in [1.165, 1.54) is 4.90 Å². The summed E-state index contributed by atoms with van der Waals surface area (Å²) in [4.78, 5) is 26.0. The van der Waals surface area contributed by atoms with Crippen LogP contribution in [0.15, 0.2) is 59.4 Å². The van der Waals surface area contributed by atoms with Crippen molar-refractivity contribution in [3.8, 4) is 22.7 Å². The van der Waals surface area contributed by atoms with Gasteiger partial charge in [-0.3, -0.25) is 9.13 Å². The van der Waals surface area contributed by atoms with E-state index in [2.05, 4.69) is 0 Å². The number of benzene rings is 2. The highest BCUT2D eigenvalue weighted by Crippen LogP contribution is 2.29. The van der Waals surface area contributed by atoms with Gasteiger partial charge in [0.1, 0.15) is 5.75 Å². The van der Waals surface area contributed by atoms with Crippen LogP contribution < -0.4 is 10.4 Å². The molecule has 7 heteroatoms. The van der Waals surface area contributed by atoms with Crippen LogP contribution in [0, 0.1) is 0 Å². The van der Waals surface area contributed by atoms with Crippen LogP contribution in [0.1, 0.15) is 5.69 Å². The Morgan fingerprint density at radius 1 is 1.04 bits per heavy atom. The molecule has 1 aromatic heterocycles. The number of carbonyl (C=O) groups is 1. The number of fused-ring (bicyclic) bond motifs is 1. The number of methoxy groups -OCH3 is 1. The fraction of sp³-hybridized carbons (Fsp3) is 0.200. The van der Waals surface area contributed by atoms with Crippen LogP contribution >= 0.6 is 0 Å². The van der Waals surface area contributed by atoms with Crippen molar-refractivity contribution in [1.29, 1.82) is 0 Å². The van der Waals surface area contributed by atoms with Gasteiger partial charge < -0.3 is 14.7 Å². The fourth-order valence-corrected chi connectivity index (χ4v) is 3.49. The van der Waals surface area contributed by atoms with Crippen molar-refractivity contribution in [2.75, 3.05) is 13.7 Å². The monoisotopic (exact) mass is 365 g/mol. The predicted octanol–water partition coefficient (Wildman–Crippen LogP) is 2.81. The molecular formula is C20H19N3O4. The second-order valence-electron chi connectivity index (χ2n) is 6.33. The highest BCUT2D eigenvalue weighted by atomic mass is 16.5. The number of amides is 1. The minimum atomic E-state index is -0.982. The van der Waals surface area contributed by atoms with E-state index in [0.29, 0.717) is 30.2 Å². The summed E-state index contributed by atoms with van der Waals surface area (Å²) in [6.07, 6.45) is -0.982. The molecule has 4 rings (SSSR count). The molecule has 0 saturated heterocycles. The van der Waals surface area contributed by atoms with Crippen LogP contribution in [0.2, 0.25) is 0 Å². The van der Waals surface area contributed by atoms with Crippen LogP contribution in [0.3, 0.4) is 0 Å². The number of imidazole rings is 1. The van der Waals surface area contributed by atoms with Crippen LogP contribution in [0.25, 0.3) is 16.9 Å². The van der Waals surface area contributed by atoms with Gasteiger partial charge >= 0.3 is 11.8 Å². The van der Waals surface area contributed by atoms with E-state index in [0.717, 1.165) is 11.3 Å². The average Bonchev–Trinajstić information content (AvgIpc) is 3.00. The van der Waals surface area contributed by atoms with Crippen molar-refractivity contribution < 1.29 is 14.6 Å². The number of ether oxygens (including phenoxy) is 1. The van der Waals surface area contributed by atoms with Gasteiger partial charge in [0.05, 0.1) is 30.7 Å². The first-order chi connectivity index (χ1) is 13.1. The molecule has 0 atom stereocenters. The van der Waals surface area contributed by atoms with Gasteiger partial charge in [0.2, 0.25) is 0 Å². The molecule has 7 nitrogen and oxygen atoms in total. The van der Waals surface area contributed by atoms with E-state index in [1.54, 1.807) is 28.4 Å². The standard InChI is InChI=1S/C20H19N3O4/c1-27-16-9-7-15(8-10-16)23-18(14-5-3-2-4-6-14)17-13-21(20(25)26)11-12-22(17)19(23)24/h2-10H,11-13H2,1H3,(H,25,26). The maximum atomic E-state index is 13.2. The molecule has 0 spiro atoms. The van der Waals surface area contributed by atoms with Gasteiger partial charge in [-0.15, -0.1) is 0 Å². The predicted molar refractivity (Wildman–Crippen MR) is 100 cm³/mol. The molecule has 1 N–H and O–H groups in total. The van der Waals surface area contributed by atoms with Crippen molar-refractivity contribution in [2.45, 2.75) is 13.1 Å². The van der Waals surface area contributed by atoms with E-state index < -0.39 is 6.09 Å². The van der Waals surface area contributed by atoms with Crippen molar-refractivity contribution in [1.82, 2.24) is 14.0 Å². The number of rotatable bonds is 3. The lowest BCUT2D eigenvalue weighted by Gasteiger charge is -2.25. The molecular weight excluding hydrogens is 346 g/mol. The molecule has 1 aliphatic heterocycles. The molecule has 0 aliphatic carbocycles. The largest absolute Gasteiger partial charge is 0.497 e. The fourth-order valence-electron chi connectivity index (χ4n) is 3.49. The maximum Gasteiger partial charge on any atom is 0.407 e. The molecule has 1 aliphatic rings. The average molecular weight is 365 g/mol. The molecule has 0 fully saturated rings. The molecule has 2 heterocycles. The molecule has 0 unspecified atom stereocenters. The zero-order chi connectivity index (χ0) is 19.0. The lowest BCUT2D eigenvalue weighted by Crippen LogP contribution is -2.40. The second-order valence-corrected chi connectivity index (χ2v) is 6.33. The Kier molecular flexibility index (Phi) is 4.19. The van der Waals surface area contributed by atoms with Gasteiger partial charge in [-0.05, 0) is 24.3 Å². The van der Waals surface area contributed by atoms with Crippen molar-refractivity contribution >= 4 is 6.09 Å². The van der Waals surface area contributed by atoms with E-state index in [-0.39, 0.29) is 12.2 Å². The third-order valence-electron chi connectivity index (χ3n) is 4.83. The van der Waals surface area contributed by atoms with Crippen molar-refractivity contribution in [3.63, 3.8) is 0 Å². The van der Waals surface area contributed by atoms with Crippen molar-refractivity contribution in [3.05, 3.63) is 70.8 Å². The summed E-state index contributed by atoms with van der Waals surface area (Å²) < 4.78 is 8.53. The first kappa shape index (κ1) is 17.0. The van der Waals surface area contributed by atoms with Gasteiger partial charge in [-0.1, -0.05) is 30.3 Å². The Balaban J connectivity index is 1.95. The maximum absolute atomic E-state index is 13.2. The smallest absolute Gasteiger partial charge is 0.407 e. The Morgan fingerprint density at radius 2 is 1.74 bits per heavy atom. The summed E-state index contributed by atoms with van der Waals surface area (Å²) >= 11 is 0. The molecule has 1 amide bonds. The van der Waals surface area contributed by atoms with E-state index in [4.69, 9.17) is 4.74 Å². The third-order valence-corrected chi connectivity index (χ3v) is 4.83. The Labute approximate surface area is 155 Å². The number of carboxylic acid groups (broad SMARTS) is 1. The molecule has 0 radical (unpaired) electrons. The van der Waals surface area contributed by atoms with Crippen LogP contribution in [0.5, 0.6) is 5.75 Å². The van der Waals surface area contributed by atoms with Gasteiger partial charge in [0.15, 0.2) is 0 Å². The summed E-state index contributed by atoms with van der Waals surface area (Å²) in [6, 6.07) is 16.8. The third kappa shape index (κ3) is 2.87. The topological polar surface area (TPSA) is 76.7 Å². The zero-order valence-corrected chi connectivity index (χ0v) is 14.8. The lowest BCUT2D eigenvalue weighted by atomic mass is 10.1. The lowest BCUT2D eigenvalue weighted by molar-refractivity contribution is 0.132. The van der Waals surface area contributed by atoms with Gasteiger partial charge in [-0.2, -0.15) is 0 Å². The molecule has 27 heavy (non-hydrogen) atoms. The van der Waals surface area contributed by atoms with E-state index in [1.807, 2.05) is 42.5 Å². The first-order valence-electron chi connectivity index (χ1n) is 8.62. The summed E-state index contributed by atoms with van der Waals surface area (Å²) in [7, 11) is 1.59. The second kappa shape index (κ2) is 6.68. The molecule has 138 valence electrons. The SMILES string of the molecule is COc1ccc(-n2c(-c3ccccc3)c3n(c2=O)CCN(C(=O)O)C3)cc1. The quantitative estimate of drug-likeness (QED) is 0.774. The van der Waals surface area contributed by atoms with E-state index >= 15 is 0 Å². The number of hydrogen-bond donors (Lipinski definition) is 1. The Morgan fingerprint density at radius 3 is 2.37 bits per heavy atom. The Bertz CT molecular complexity index is 1040. The van der Waals surface area contributed by atoms with Crippen LogP contribution in [-0.2, 0) is 13.1 Å². The van der Waals surface area contributed by atoms with Crippen LogP contribution in [0.4, 0.5) is 4.79 Å². The normalized spacial score (nSPS) is 13.3. The zero-order valence-electron chi connectivity index (χ0n) is 14.8. The molecule has 0 bridgehead atoms. The minimum Gasteiger partial charge on any atom is -0.497 e. The van der Waals surface area contributed by atoms with Gasteiger partial charge in [-0.25, -0.2) is 9.59 Å². The highest BCUT2D eigenvalue weighted by molar-refractivity contribution is 5.69. The summed E-state index contributed by atoms with van der Waals surface area (Å²) in [5.41, 5.74) is 2.83. The number of aromatic nitrogens is 2. The molecule has 2 aromatic carbocycles. The van der Waals surface area contributed by atoms with Crippen molar-refractivity contribution in [2.24, 2.45) is 0 Å². The first-order valence-corrected chi connectivity index (χ1v) is 8.62.